The molecule has 0 spiro atoms. The molecule has 0 aliphatic rings. The van der Waals surface area contributed by atoms with Crippen molar-refractivity contribution in [1.29, 1.82) is 5.26 Å². The second-order valence-electron chi connectivity index (χ2n) is 3.97. The Bertz CT molecular complexity index is 647. The molecule has 0 fully saturated rings. The maximum absolute atomic E-state index is 11.1. The minimum Gasteiger partial charge on any atom is -0.339 e. The van der Waals surface area contributed by atoms with E-state index >= 15 is 0 Å². The molecule has 0 aromatic heterocycles. The molecule has 0 aliphatic carbocycles. The van der Waals surface area contributed by atoms with Crippen LogP contribution in [0, 0.1) is 21.4 Å². The summed E-state index contributed by atoms with van der Waals surface area (Å²) in [7, 11) is 1.75. The van der Waals surface area contributed by atoms with Crippen LogP contribution in [0.5, 0.6) is 0 Å². The van der Waals surface area contributed by atoms with E-state index in [1.54, 1.807) is 24.1 Å². The zero-order valence-corrected chi connectivity index (χ0v) is 10.3. The molecule has 0 bridgehead atoms. The van der Waals surface area contributed by atoms with Gasteiger partial charge in [0.1, 0.15) is 5.69 Å². The Morgan fingerprint density at radius 2 is 1.89 bits per heavy atom. The van der Waals surface area contributed by atoms with E-state index < -0.39 is 4.92 Å². The molecule has 0 atom stereocenters. The smallest absolute Gasteiger partial charge is 0.294 e. The summed E-state index contributed by atoms with van der Waals surface area (Å²) >= 11 is 0. The van der Waals surface area contributed by atoms with Crippen LogP contribution in [0.3, 0.4) is 0 Å². The average molecular weight is 253 g/mol. The first-order valence-corrected chi connectivity index (χ1v) is 5.61. The summed E-state index contributed by atoms with van der Waals surface area (Å²) in [4.78, 5) is 12.3. The highest BCUT2D eigenvalue weighted by Gasteiger charge is 2.18. The van der Waals surface area contributed by atoms with Gasteiger partial charge in [0, 0.05) is 18.8 Å². The van der Waals surface area contributed by atoms with Crippen molar-refractivity contribution < 1.29 is 4.92 Å². The molecule has 0 amide bonds. The third-order valence-corrected chi connectivity index (χ3v) is 2.81. The number of nitro groups is 1. The highest BCUT2D eigenvalue weighted by Crippen LogP contribution is 2.32. The van der Waals surface area contributed by atoms with E-state index in [1.807, 2.05) is 36.4 Å². The lowest BCUT2D eigenvalue weighted by Gasteiger charge is -2.19. The number of nitriles is 1. The standard InChI is InChI=1S/C14H11N3O2/c1-16(12-5-3-2-4-6-12)13-8-7-11(10-15)9-14(13)17(18)19/h2-9H,1H3. The first kappa shape index (κ1) is 12.6. The second kappa shape index (κ2) is 5.19. The summed E-state index contributed by atoms with van der Waals surface area (Å²) in [6.07, 6.45) is 0. The molecule has 5 heteroatoms. The molecule has 0 N–H and O–H groups in total. The second-order valence-corrected chi connectivity index (χ2v) is 3.97. The molecule has 0 unspecified atom stereocenters. The third-order valence-electron chi connectivity index (χ3n) is 2.81. The van der Waals surface area contributed by atoms with Crippen molar-refractivity contribution in [3.63, 3.8) is 0 Å². The summed E-state index contributed by atoms with van der Waals surface area (Å²) in [6, 6.07) is 15.7. The van der Waals surface area contributed by atoms with Gasteiger partial charge in [0.25, 0.3) is 5.69 Å². The normalized spacial score (nSPS) is 9.68. The number of hydrogen-bond donors (Lipinski definition) is 0. The van der Waals surface area contributed by atoms with Crippen molar-refractivity contribution in [2.24, 2.45) is 0 Å². The predicted molar refractivity (Wildman–Crippen MR) is 72.3 cm³/mol. The maximum atomic E-state index is 11.1. The Kier molecular flexibility index (Phi) is 3.44. The Labute approximate surface area is 110 Å². The number of anilines is 2. The van der Waals surface area contributed by atoms with Gasteiger partial charge in [-0.3, -0.25) is 10.1 Å². The molecule has 5 nitrogen and oxygen atoms in total. The highest BCUT2D eigenvalue weighted by atomic mass is 16.6. The summed E-state index contributed by atoms with van der Waals surface area (Å²) in [5, 5.41) is 19.9. The van der Waals surface area contributed by atoms with Crippen molar-refractivity contribution in [2.45, 2.75) is 0 Å². The van der Waals surface area contributed by atoms with Gasteiger partial charge >= 0.3 is 0 Å². The Morgan fingerprint density at radius 3 is 2.47 bits per heavy atom. The fourth-order valence-electron chi connectivity index (χ4n) is 1.81. The van der Waals surface area contributed by atoms with E-state index in [9.17, 15) is 10.1 Å². The van der Waals surface area contributed by atoms with E-state index in [2.05, 4.69) is 0 Å². The summed E-state index contributed by atoms with van der Waals surface area (Å²) in [5.41, 5.74) is 1.49. The van der Waals surface area contributed by atoms with Gasteiger partial charge in [-0.05, 0) is 24.3 Å². The molecule has 0 radical (unpaired) electrons. The first-order valence-electron chi connectivity index (χ1n) is 5.61. The third kappa shape index (κ3) is 2.53. The quantitative estimate of drug-likeness (QED) is 0.622. The topological polar surface area (TPSA) is 70.2 Å². The fourth-order valence-corrected chi connectivity index (χ4v) is 1.81. The van der Waals surface area contributed by atoms with Crippen LogP contribution >= 0.6 is 0 Å². The number of nitrogens with zero attached hydrogens (tertiary/aromatic N) is 3. The number of benzene rings is 2. The van der Waals surface area contributed by atoms with Gasteiger partial charge < -0.3 is 4.90 Å². The van der Waals surface area contributed by atoms with Crippen LogP contribution < -0.4 is 4.90 Å². The van der Waals surface area contributed by atoms with Crippen LogP contribution in [0.15, 0.2) is 48.5 Å². The lowest BCUT2D eigenvalue weighted by molar-refractivity contribution is -0.384. The van der Waals surface area contributed by atoms with E-state index in [-0.39, 0.29) is 11.3 Å². The SMILES string of the molecule is CN(c1ccccc1)c1ccc(C#N)cc1[N+](=O)[O-]. The Morgan fingerprint density at radius 1 is 1.21 bits per heavy atom. The number of hydrogen-bond acceptors (Lipinski definition) is 4. The number of rotatable bonds is 3. The van der Waals surface area contributed by atoms with Crippen LogP contribution in [0.4, 0.5) is 17.1 Å². The maximum Gasteiger partial charge on any atom is 0.294 e. The van der Waals surface area contributed by atoms with Crippen molar-refractivity contribution in [2.75, 3.05) is 11.9 Å². The molecule has 19 heavy (non-hydrogen) atoms. The molecule has 0 saturated carbocycles. The predicted octanol–water partition coefficient (Wildman–Crippen LogP) is 3.23. The van der Waals surface area contributed by atoms with E-state index in [0.29, 0.717) is 5.69 Å². The molecular weight excluding hydrogens is 242 g/mol. The van der Waals surface area contributed by atoms with E-state index in [1.165, 1.54) is 6.07 Å². The molecule has 2 aromatic carbocycles. The monoisotopic (exact) mass is 253 g/mol. The van der Waals surface area contributed by atoms with Gasteiger partial charge in [-0.2, -0.15) is 5.26 Å². The minimum atomic E-state index is -0.477. The number of nitro benzene ring substituents is 1. The van der Waals surface area contributed by atoms with E-state index in [0.717, 1.165) is 5.69 Å². The van der Waals surface area contributed by atoms with Crippen LogP contribution in [0.25, 0.3) is 0 Å². The average Bonchev–Trinajstić information content (AvgIpc) is 2.46. The summed E-state index contributed by atoms with van der Waals surface area (Å²) in [6.45, 7) is 0. The lowest BCUT2D eigenvalue weighted by Crippen LogP contribution is -2.11. The minimum absolute atomic E-state index is 0.0783. The Hall–Kier alpha value is -2.87. The van der Waals surface area contributed by atoms with Gasteiger partial charge in [-0.25, -0.2) is 0 Å². The molecule has 0 saturated heterocycles. The molecule has 2 rings (SSSR count). The summed E-state index contributed by atoms with van der Waals surface area (Å²) in [5.74, 6) is 0. The molecule has 0 aliphatic heterocycles. The first-order chi connectivity index (χ1) is 9.13. The molecule has 0 heterocycles. The van der Waals surface area contributed by atoms with Crippen LogP contribution in [-0.2, 0) is 0 Å². The largest absolute Gasteiger partial charge is 0.339 e. The van der Waals surface area contributed by atoms with Crippen molar-refractivity contribution >= 4 is 17.1 Å². The van der Waals surface area contributed by atoms with Crippen LogP contribution in [-0.4, -0.2) is 12.0 Å². The molecule has 94 valence electrons. The van der Waals surface area contributed by atoms with Gasteiger partial charge in [-0.1, -0.05) is 18.2 Å². The van der Waals surface area contributed by atoms with Gasteiger partial charge in [0.05, 0.1) is 16.6 Å². The zero-order chi connectivity index (χ0) is 13.8. The van der Waals surface area contributed by atoms with Crippen LogP contribution in [0.2, 0.25) is 0 Å². The van der Waals surface area contributed by atoms with Crippen LogP contribution in [0.1, 0.15) is 5.56 Å². The fraction of sp³-hybridized carbons (Fsp3) is 0.0714. The highest BCUT2D eigenvalue weighted by molar-refractivity contribution is 5.72. The van der Waals surface area contributed by atoms with Crippen molar-refractivity contribution in [3.8, 4) is 6.07 Å². The molecular formula is C14H11N3O2. The molecule has 2 aromatic rings. The zero-order valence-electron chi connectivity index (χ0n) is 10.3. The Balaban J connectivity index is 2.51. The van der Waals surface area contributed by atoms with E-state index in [4.69, 9.17) is 5.26 Å². The van der Waals surface area contributed by atoms with Gasteiger partial charge in [-0.15, -0.1) is 0 Å². The summed E-state index contributed by atoms with van der Waals surface area (Å²) < 4.78 is 0. The van der Waals surface area contributed by atoms with Gasteiger partial charge in [0.2, 0.25) is 0 Å². The van der Waals surface area contributed by atoms with Crippen molar-refractivity contribution in [3.05, 3.63) is 64.2 Å². The van der Waals surface area contributed by atoms with Crippen molar-refractivity contribution in [1.82, 2.24) is 0 Å². The number of para-hydroxylation sites is 1. The lowest BCUT2D eigenvalue weighted by atomic mass is 10.1. The van der Waals surface area contributed by atoms with Gasteiger partial charge in [0.15, 0.2) is 0 Å².